The Hall–Kier alpha value is -1.12. The van der Waals surface area contributed by atoms with Gasteiger partial charge in [0.1, 0.15) is 0 Å². The van der Waals surface area contributed by atoms with Gasteiger partial charge in [-0.25, -0.2) is 13.2 Å². The predicted molar refractivity (Wildman–Crippen MR) is 85.9 cm³/mol. The summed E-state index contributed by atoms with van der Waals surface area (Å²) >= 11 is 9.12. The van der Waals surface area contributed by atoms with E-state index in [0.29, 0.717) is 15.0 Å². The molecule has 1 N–H and O–H groups in total. The number of H-pyrrole nitrogens is 1. The summed E-state index contributed by atoms with van der Waals surface area (Å²) in [6, 6.07) is 2.97. The monoisotopic (exact) mass is 394 g/mol. The number of nitrogens with zero attached hydrogens (tertiary/aromatic N) is 1. The molecule has 6 nitrogen and oxygen atoms in total. The fraction of sp³-hybridized carbons (Fsp3) is 0.333. The SMILES string of the molecule is CCS(=O)(=O)CCn1c(=O)[nH]c2cc(Cl)c(Br)cc2c1=O. The number of hydrogen-bond acceptors (Lipinski definition) is 4. The standard InChI is InChI=1S/C12H12BrClN2O4S/c1-2-21(19,20)4-3-16-11(17)7-5-8(13)9(14)6-10(7)15-12(16)18/h5-6H,2-4H2,1H3,(H,15,18). The third-order valence-electron chi connectivity index (χ3n) is 3.09. The second-order valence-electron chi connectivity index (χ2n) is 4.44. The number of nitrogens with one attached hydrogen (secondary N) is 1. The highest BCUT2D eigenvalue weighted by atomic mass is 79.9. The van der Waals surface area contributed by atoms with E-state index in [1.54, 1.807) is 0 Å². The molecule has 114 valence electrons. The predicted octanol–water partition coefficient (Wildman–Crippen LogP) is 1.54. The second-order valence-corrected chi connectivity index (χ2v) is 8.17. The van der Waals surface area contributed by atoms with E-state index in [0.717, 1.165) is 4.57 Å². The third kappa shape index (κ3) is 3.38. The van der Waals surface area contributed by atoms with Gasteiger partial charge >= 0.3 is 5.69 Å². The maximum absolute atomic E-state index is 12.3. The number of benzene rings is 1. The Morgan fingerprint density at radius 3 is 2.62 bits per heavy atom. The van der Waals surface area contributed by atoms with Crippen LogP contribution in [0.15, 0.2) is 26.2 Å². The van der Waals surface area contributed by atoms with Crippen molar-refractivity contribution in [3.05, 3.63) is 42.5 Å². The van der Waals surface area contributed by atoms with Crippen LogP contribution in [0, 0.1) is 0 Å². The highest BCUT2D eigenvalue weighted by Crippen LogP contribution is 2.25. The van der Waals surface area contributed by atoms with E-state index in [4.69, 9.17) is 11.6 Å². The summed E-state index contributed by atoms with van der Waals surface area (Å²) < 4.78 is 24.4. The van der Waals surface area contributed by atoms with Gasteiger partial charge in [-0.1, -0.05) is 18.5 Å². The van der Waals surface area contributed by atoms with E-state index in [1.807, 2.05) is 0 Å². The van der Waals surface area contributed by atoms with E-state index < -0.39 is 21.1 Å². The number of fused-ring (bicyclic) bond motifs is 1. The first-order valence-corrected chi connectivity index (χ1v) is 9.06. The van der Waals surface area contributed by atoms with Gasteiger partial charge in [0.25, 0.3) is 5.56 Å². The summed E-state index contributed by atoms with van der Waals surface area (Å²) in [6.07, 6.45) is 0. The van der Waals surface area contributed by atoms with Gasteiger partial charge < -0.3 is 4.98 Å². The van der Waals surface area contributed by atoms with Crippen LogP contribution >= 0.6 is 27.5 Å². The maximum atomic E-state index is 12.3. The number of sulfone groups is 1. The van der Waals surface area contributed by atoms with E-state index >= 15 is 0 Å². The van der Waals surface area contributed by atoms with Crippen molar-refractivity contribution < 1.29 is 8.42 Å². The number of aromatic nitrogens is 2. The minimum Gasteiger partial charge on any atom is -0.307 e. The Balaban J connectivity index is 2.58. The van der Waals surface area contributed by atoms with E-state index in [9.17, 15) is 18.0 Å². The van der Waals surface area contributed by atoms with Crippen molar-refractivity contribution in [2.75, 3.05) is 11.5 Å². The van der Waals surface area contributed by atoms with Crippen LogP contribution in [-0.4, -0.2) is 29.5 Å². The first kappa shape index (κ1) is 16.3. The van der Waals surface area contributed by atoms with Crippen LogP contribution in [0.3, 0.4) is 0 Å². The molecule has 0 saturated carbocycles. The first-order valence-electron chi connectivity index (χ1n) is 6.07. The van der Waals surface area contributed by atoms with Crippen molar-refractivity contribution in [2.45, 2.75) is 13.5 Å². The van der Waals surface area contributed by atoms with Gasteiger partial charge in [-0.05, 0) is 28.1 Å². The molecule has 0 saturated heterocycles. The lowest BCUT2D eigenvalue weighted by molar-refractivity contribution is 0.585. The third-order valence-corrected chi connectivity index (χ3v) is 5.97. The average Bonchev–Trinajstić information content (AvgIpc) is 2.41. The Kier molecular flexibility index (Phi) is 4.60. The minimum atomic E-state index is -3.26. The molecular formula is C12H12BrClN2O4S. The molecule has 0 atom stereocenters. The molecule has 0 radical (unpaired) electrons. The molecule has 1 aromatic heterocycles. The fourth-order valence-corrected chi connectivity index (χ4v) is 3.08. The lowest BCUT2D eigenvalue weighted by atomic mass is 10.2. The van der Waals surface area contributed by atoms with Crippen LogP contribution in [0.25, 0.3) is 10.9 Å². The molecule has 0 fully saturated rings. The van der Waals surface area contributed by atoms with Crippen LogP contribution in [0.4, 0.5) is 0 Å². The second kappa shape index (κ2) is 5.94. The van der Waals surface area contributed by atoms with Crippen molar-refractivity contribution in [1.82, 2.24) is 9.55 Å². The molecule has 0 spiro atoms. The van der Waals surface area contributed by atoms with Crippen LogP contribution in [0.1, 0.15) is 6.92 Å². The zero-order valence-corrected chi connectivity index (χ0v) is 14.2. The lowest BCUT2D eigenvalue weighted by Crippen LogP contribution is -2.37. The Labute approximate surface area is 133 Å². The van der Waals surface area contributed by atoms with E-state index in [-0.39, 0.29) is 23.4 Å². The number of rotatable bonds is 4. The normalized spacial score (nSPS) is 12.0. The van der Waals surface area contributed by atoms with Gasteiger partial charge in [0, 0.05) is 16.8 Å². The average molecular weight is 396 g/mol. The van der Waals surface area contributed by atoms with Gasteiger partial charge in [-0.15, -0.1) is 0 Å². The van der Waals surface area contributed by atoms with Crippen LogP contribution < -0.4 is 11.2 Å². The molecule has 2 rings (SSSR count). The van der Waals surface area contributed by atoms with Crippen molar-refractivity contribution in [3.8, 4) is 0 Å². The number of aromatic amines is 1. The summed E-state index contributed by atoms with van der Waals surface area (Å²) in [6.45, 7) is 1.34. The molecule has 1 aromatic carbocycles. The van der Waals surface area contributed by atoms with Gasteiger partial charge in [0.2, 0.25) is 0 Å². The van der Waals surface area contributed by atoms with Crippen LogP contribution in [-0.2, 0) is 16.4 Å². The Morgan fingerprint density at radius 1 is 1.33 bits per heavy atom. The summed E-state index contributed by atoms with van der Waals surface area (Å²) in [5.74, 6) is -0.291. The minimum absolute atomic E-state index is 0.0333. The Morgan fingerprint density at radius 2 is 2.00 bits per heavy atom. The van der Waals surface area contributed by atoms with Gasteiger partial charge in [-0.3, -0.25) is 9.36 Å². The summed E-state index contributed by atoms with van der Waals surface area (Å²) in [5.41, 5.74) is -0.887. The fourth-order valence-electron chi connectivity index (χ4n) is 1.83. The van der Waals surface area contributed by atoms with Gasteiger partial charge in [0.15, 0.2) is 9.84 Å². The molecule has 0 aliphatic heterocycles. The topological polar surface area (TPSA) is 89.0 Å². The summed E-state index contributed by atoms with van der Waals surface area (Å²) in [7, 11) is -3.26. The number of halogens is 2. The van der Waals surface area contributed by atoms with Crippen molar-refractivity contribution in [3.63, 3.8) is 0 Å². The van der Waals surface area contributed by atoms with Crippen molar-refractivity contribution in [2.24, 2.45) is 0 Å². The number of hydrogen-bond donors (Lipinski definition) is 1. The summed E-state index contributed by atoms with van der Waals surface area (Å²) in [4.78, 5) is 26.7. The van der Waals surface area contributed by atoms with Crippen LogP contribution in [0.2, 0.25) is 5.02 Å². The molecule has 2 aromatic rings. The molecule has 1 heterocycles. The largest absolute Gasteiger partial charge is 0.328 e. The maximum Gasteiger partial charge on any atom is 0.328 e. The van der Waals surface area contributed by atoms with Crippen LogP contribution in [0.5, 0.6) is 0 Å². The molecule has 9 heteroatoms. The van der Waals surface area contributed by atoms with Gasteiger partial charge in [0.05, 0.1) is 21.7 Å². The van der Waals surface area contributed by atoms with Gasteiger partial charge in [-0.2, -0.15) is 0 Å². The Bertz CT molecular complexity index is 917. The molecule has 0 aliphatic rings. The quantitative estimate of drug-likeness (QED) is 0.850. The van der Waals surface area contributed by atoms with Crippen molar-refractivity contribution >= 4 is 48.3 Å². The zero-order valence-electron chi connectivity index (χ0n) is 11.0. The molecule has 0 amide bonds. The molecule has 0 bridgehead atoms. The molecule has 21 heavy (non-hydrogen) atoms. The lowest BCUT2D eigenvalue weighted by Gasteiger charge is -2.07. The van der Waals surface area contributed by atoms with E-state index in [1.165, 1.54) is 19.1 Å². The smallest absolute Gasteiger partial charge is 0.307 e. The first-order chi connectivity index (χ1) is 9.75. The zero-order chi connectivity index (χ0) is 15.8. The highest BCUT2D eigenvalue weighted by molar-refractivity contribution is 9.10. The highest BCUT2D eigenvalue weighted by Gasteiger charge is 2.13. The molecule has 0 unspecified atom stereocenters. The molecule has 0 aliphatic carbocycles. The van der Waals surface area contributed by atoms with E-state index in [2.05, 4.69) is 20.9 Å². The summed E-state index contributed by atoms with van der Waals surface area (Å²) in [5, 5.41) is 0.628. The van der Waals surface area contributed by atoms with Crippen molar-refractivity contribution in [1.29, 1.82) is 0 Å². The molecular weight excluding hydrogens is 384 g/mol.